The van der Waals surface area contributed by atoms with E-state index in [4.69, 9.17) is 30.5 Å². The SMILES string of the molecule is CNC(=O)[C@@]1(OCc2cccc(F)c2)C[C@@H](OCc2cccc(Cl)c2)[C@@H]2OC(C)(C)O[C@@H]2C1. The van der Waals surface area contributed by atoms with Crippen LogP contribution in [0.25, 0.3) is 0 Å². The van der Waals surface area contributed by atoms with Crippen molar-refractivity contribution in [2.24, 2.45) is 0 Å². The van der Waals surface area contributed by atoms with Crippen molar-refractivity contribution in [1.29, 1.82) is 0 Å². The Kier molecular flexibility index (Phi) is 7.07. The van der Waals surface area contributed by atoms with E-state index in [0.29, 0.717) is 23.6 Å². The average molecular weight is 478 g/mol. The normalized spacial score (nSPS) is 28.3. The third-order valence-corrected chi connectivity index (χ3v) is 6.28. The second kappa shape index (κ2) is 9.68. The maximum Gasteiger partial charge on any atom is 0.252 e. The van der Waals surface area contributed by atoms with Crippen LogP contribution in [0.15, 0.2) is 48.5 Å². The van der Waals surface area contributed by atoms with E-state index in [0.717, 1.165) is 5.56 Å². The summed E-state index contributed by atoms with van der Waals surface area (Å²) >= 11 is 6.11. The molecule has 4 atom stereocenters. The van der Waals surface area contributed by atoms with E-state index in [1.54, 1.807) is 25.2 Å². The van der Waals surface area contributed by atoms with Crippen LogP contribution in [0.2, 0.25) is 5.02 Å². The van der Waals surface area contributed by atoms with E-state index in [2.05, 4.69) is 5.32 Å². The van der Waals surface area contributed by atoms with Gasteiger partial charge in [0.05, 0.1) is 25.4 Å². The van der Waals surface area contributed by atoms with Crippen molar-refractivity contribution < 1.29 is 28.1 Å². The highest BCUT2D eigenvalue weighted by Crippen LogP contribution is 2.44. The number of halogens is 2. The van der Waals surface area contributed by atoms with Crippen molar-refractivity contribution >= 4 is 17.5 Å². The molecule has 1 saturated heterocycles. The lowest BCUT2D eigenvalue weighted by Gasteiger charge is -2.43. The number of benzene rings is 2. The number of hydrogen-bond acceptors (Lipinski definition) is 5. The molecule has 2 aromatic carbocycles. The fourth-order valence-electron chi connectivity index (χ4n) is 4.61. The summed E-state index contributed by atoms with van der Waals surface area (Å²) in [6.07, 6.45) is -0.650. The van der Waals surface area contributed by atoms with Gasteiger partial charge in [0, 0.05) is 24.9 Å². The van der Waals surface area contributed by atoms with Gasteiger partial charge in [0.1, 0.15) is 11.9 Å². The van der Waals surface area contributed by atoms with Crippen molar-refractivity contribution in [3.05, 3.63) is 70.5 Å². The van der Waals surface area contributed by atoms with E-state index in [-0.39, 0.29) is 30.9 Å². The Morgan fingerprint density at radius 3 is 2.55 bits per heavy atom. The molecule has 2 aliphatic rings. The third-order valence-electron chi connectivity index (χ3n) is 6.05. The van der Waals surface area contributed by atoms with Gasteiger partial charge in [-0.3, -0.25) is 4.79 Å². The van der Waals surface area contributed by atoms with Crippen LogP contribution in [0, 0.1) is 5.82 Å². The Labute approximate surface area is 198 Å². The predicted octanol–water partition coefficient (Wildman–Crippen LogP) is 4.38. The molecule has 2 fully saturated rings. The summed E-state index contributed by atoms with van der Waals surface area (Å²) in [4.78, 5) is 13.1. The summed E-state index contributed by atoms with van der Waals surface area (Å²) in [5, 5.41) is 3.34. The van der Waals surface area contributed by atoms with Crippen LogP contribution in [0.1, 0.15) is 37.8 Å². The molecule has 0 spiro atoms. The molecule has 0 bridgehead atoms. The molecule has 6 nitrogen and oxygen atoms in total. The Morgan fingerprint density at radius 1 is 1.12 bits per heavy atom. The Balaban J connectivity index is 1.58. The molecule has 4 rings (SSSR count). The van der Waals surface area contributed by atoms with E-state index >= 15 is 0 Å². The van der Waals surface area contributed by atoms with Gasteiger partial charge < -0.3 is 24.3 Å². The molecule has 1 aliphatic heterocycles. The number of hydrogen-bond donors (Lipinski definition) is 1. The summed E-state index contributed by atoms with van der Waals surface area (Å²) in [5.41, 5.74) is 0.333. The van der Waals surface area contributed by atoms with E-state index < -0.39 is 23.6 Å². The van der Waals surface area contributed by atoms with Gasteiger partial charge in [0.2, 0.25) is 0 Å². The standard InChI is InChI=1S/C25H29ClFNO5/c1-24(2)32-21-13-25(23(29)28-3,31-15-17-7-5-9-19(27)11-17)12-20(22(21)33-24)30-14-16-6-4-8-18(26)10-16/h4-11,20-22H,12-15H2,1-3H3,(H,28,29)/t20-,21-,22+,25-/m1/s1. The zero-order valence-electron chi connectivity index (χ0n) is 19.0. The van der Waals surface area contributed by atoms with Crippen molar-refractivity contribution in [1.82, 2.24) is 5.32 Å². The first-order chi connectivity index (χ1) is 15.7. The lowest BCUT2D eigenvalue weighted by Crippen LogP contribution is -2.59. The molecule has 2 aromatic rings. The van der Waals surface area contributed by atoms with Crippen molar-refractivity contribution in [2.45, 2.75) is 69.6 Å². The lowest BCUT2D eigenvalue weighted by molar-refractivity contribution is -0.183. The highest BCUT2D eigenvalue weighted by Gasteiger charge is 2.57. The minimum absolute atomic E-state index is 0.0772. The first kappa shape index (κ1) is 24.1. The van der Waals surface area contributed by atoms with Crippen LogP contribution in [0.5, 0.6) is 0 Å². The van der Waals surface area contributed by atoms with Gasteiger partial charge in [-0.2, -0.15) is 0 Å². The quantitative estimate of drug-likeness (QED) is 0.641. The van der Waals surface area contributed by atoms with Crippen molar-refractivity contribution in [2.75, 3.05) is 7.05 Å². The first-order valence-electron chi connectivity index (χ1n) is 11.0. The van der Waals surface area contributed by atoms with Gasteiger partial charge >= 0.3 is 0 Å². The molecule has 178 valence electrons. The van der Waals surface area contributed by atoms with Gasteiger partial charge in [-0.1, -0.05) is 35.9 Å². The predicted molar refractivity (Wildman–Crippen MR) is 121 cm³/mol. The van der Waals surface area contributed by atoms with Gasteiger partial charge in [-0.25, -0.2) is 4.39 Å². The van der Waals surface area contributed by atoms with Crippen LogP contribution in [0.4, 0.5) is 4.39 Å². The van der Waals surface area contributed by atoms with Gasteiger partial charge in [0.25, 0.3) is 5.91 Å². The molecule has 1 amide bonds. The zero-order chi connectivity index (χ0) is 23.6. The Hall–Kier alpha value is -2.03. The number of ether oxygens (including phenoxy) is 4. The molecule has 0 unspecified atom stereocenters. The first-order valence-corrected chi connectivity index (χ1v) is 11.4. The number of nitrogens with one attached hydrogen (secondary N) is 1. The smallest absolute Gasteiger partial charge is 0.252 e. The molecular weight excluding hydrogens is 449 g/mol. The zero-order valence-corrected chi connectivity index (χ0v) is 19.7. The molecule has 1 N–H and O–H groups in total. The summed E-state index contributed by atoms with van der Waals surface area (Å²) in [6.45, 7) is 4.06. The second-order valence-electron chi connectivity index (χ2n) is 9.02. The van der Waals surface area contributed by atoms with Gasteiger partial charge in [-0.15, -0.1) is 0 Å². The molecule has 0 radical (unpaired) electrons. The minimum Gasteiger partial charge on any atom is -0.371 e. The average Bonchev–Trinajstić information content (AvgIpc) is 3.09. The molecule has 0 aromatic heterocycles. The fourth-order valence-corrected chi connectivity index (χ4v) is 4.83. The maximum atomic E-state index is 13.7. The van der Waals surface area contributed by atoms with Crippen molar-refractivity contribution in [3.63, 3.8) is 0 Å². The monoisotopic (exact) mass is 477 g/mol. The van der Waals surface area contributed by atoms with Crippen LogP contribution in [0.3, 0.4) is 0 Å². The third kappa shape index (κ3) is 5.55. The van der Waals surface area contributed by atoms with E-state index in [1.807, 2.05) is 32.0 Å². The number of rotatable bonds is 7. The number of fused-ring (bicyclic) bond motifs is 1. The Bertz CT molecular complexity index is 1000. The fraction of sp³-hybridized carbons (Fsp3) is 0.480. The van der Waals surface area contributed by atoms with Gasteiger partial charge in [0.15, 0.2) is 11.4 Å². The summed E-state index contributed by atoms with van der Waals surface area (Å²) in [7, 11) is 1.57. The van der Waals surface area contributed by atoms with E-state index in [1.165, 1.54) is 12.1 Å². The van der Waals surface area contributed by atoms with E-state index in [9.17, 15) is 9.18 Å². The topological polar surface area (TPSA) is 66.0 Å². The number of carbonyl (C=O) groups excluding carboxylic acids is 1. The molecule has 33 heavy (non-hydrogen) atoms. The van der Waals surface area contributed by atoms with Crippen LogP contribution in [-0.4, -0.2) is 42.7 Å². The minimum atomic E-state index is -1.22. The van der Waals surface area contributed by atoms with Crippen LogP contribution in [-0.2, 0) is 37.0 Å². The lowest BCUT2D eigenvalue weighted by atomic mass is 9.78. The maximum absolute atomic E-state index is 13.7. The number of carbonyl (C=O) groups is 1. The highest BCUT2D eigenvalue weighted by molar-refractivity contribution is 6.30. The molecule has 8 heteroatoms. The van der Waals surface area contributed by atoms with Gasteiger partial charge in [-0.05, 0) is 49.2 Å². The Morgan fingerprint density at radius 2 is 1.85 bits per heavy atom. The molecule has 1 aliphatic carbocycles. The largest absolute Gasteiger partial charge is 0.371 e. The van der Waals surface area contributed by atoms with Crippen LogP contribution >= 0.6 is 11.6 Å². The number of likely N-dealkylation sites (N-methyl/N-ethyl adjacent to an activating group) is 1. The summed E-state index contributed by atoms with van der Waals surface area (Å²) in [5.74, 6) is -1.44. The van der Waals surface area contributed by atoms with Crippen molar-refractivity contribution in [3.8, 4) is 0 Å². The second-order valence-corrected chi connectivity index (χ2v) is 9.45. The molecule has 1 heterocycles. The molecule has 1 saturated carbocycles. The number of amides is 1. The summed E-state index contributed by atoms with van der Waals surface area (Å²) < 4.78 is 38.4. The summed E-state index contributed by atoms with van der Waals surface area (Å²) in [6, 6.07) is 13.6. The molecular formula is C25H29ClFNO5. The highest BCUT2D eigenvalue weighted by atomic mass is 35.5. The van der Waals surface area contributed by atoms with Crippen LogP contribution < -0.4 is 5.32 Å².